The average molecular weight is 284 g/mol. The van der Waals surface area contributed by atoms with Gasteiger partial charge in [-0.15, -0.1) is 0 Å². The molecule has 0 saturated carbocycles. The van der Waals surface area contributed by atoms with E-state index in [0.717, 1.165) is 4.90 Å². The predicted molar refractivity (Wildman–Crippen MR) is 68.4 cm³/mol. The van der Waals surface area contributed by atoms with Gasteiger partial charge in [-0.1, -0.05) is 13.3 Å². The number of nitro groups is 1. The molecular formula is C11H16N4O5. The van der Waals surface area contributed by atoms with E-state index in [-0.39, 0.29) is 17.1 Å². The molecule has 0 aromatic carbocycles. The van der Waals surface area contributed by atoms with Crippen LogP contribution in [0.3, 0.4) is 0 Å². The number of carbonyl (C=O) groups is 2. The number of nitrogens with zero attached hydrogens (tertiary/aromatic N) is 3. The van der Waals surface area contributed by atoms with Gasteiger partial charge < -0.3 is 10.0 Å². The van der Waals surface area contributed by atoms with Crippen LogP contribution in [-0.2, 0) is 11.2 Å². The zero-order valence-corrected chi connectivity index (χ0v) is 11.4. The summed E-state index contributed by atoms with van der Waals surface area (Å²) in [5.74, 6) is -2.00. The fourth-order valence-electron chi connectivity index (χ4n) is 1.65. The second kappa shape index (κ2) is 6.13. The van der Waals surface area contributed by atoms with Gasteiger partial charge >= 0.3 is 11.7 Å². The van der Waals surface area contributed by atoms with Crippen molar-refractivity contribution in [3.05, 3.63) is 21.5 Å². The van der Waals surface area contributed by atoms with Crippen LogP contribution in [0.15, 0.2) is 0 Å². The number of hydrogen-bond acceptors (Lipinski definition) is 5. The van der Waals surface area contributed by atoms with Crippen LogP contribution in [0.4, 0.5) is 5.69 Å². The van der Waals surface area contributed by atoms with E-state index >= 15 is 0 Å². The molecule has 0 fully saturated rings. The minimum atomic E-state index is -1.20. The SMILES string of the molecule is CCCc1[nH]nc(C(=O)N(C)C(C)C(=O)O)c1[N+](=O)[O-]. The fourth-order valence-corrected chi connectivity index (χ4v) is 1.65. The van der Waals surface area contributed by atoms with Gasteiger partial charge in [-0.3, -0.25) is 20.0 Å². The summed E-state index contributed by atoms with van der Waals surface area (Å²) in [6, 6.07) is -1.10. The third-order valence-electron chi connectivity index (χ3n) is 2.96. The quantitative estimate of drug-likeness (QED) is 0.587. The number of aryl methyl sites for hydroxylation is 1. The first-order valence-corrected chi connectivity index (χ1v) is 6.02. The van der Waals surface area contributed by atoms with Crippen LogP contribution in [-0.4, -0.2) is 50.1 Å². The lowest BCUT2D eigenvalue weighted by Gasteiger charge is -2.19. The molecule has 1 unspecified atom stereocenters. The van der Waals surface area contributed by atoms with Gasteiger partial charge in [0.1, 0.15) is 11.7 Å². The Morgan fingerprint density at radius 1 is 1.55 bits per heavy atom. The lowest BCUT2D eigenvalue weighted by atomic mass is 10.2. The Labute approximate surface area is 114 Å². The Bertz CT molecular complexity index is 539. The van der Waals surface area contributed by atoms with Gasteiger partial charge in [0.05, 0.1) is 4.92 Å². The molecule has 0 spiro atoms. The van der Waals surface area contributed by atoms with Gasteiger partial charge in [0.2, 0.25) is 5.69 Å². The van der Waals surface area contributed by atoms with Crippen LogP contribution in [0.5, 0.6) is 0 Å². The fraction of sp³-hybridized carbons (Fsp3) is 0.545. The van der Waals surface area contributed by atoms with Gasteiger partial charge in [-0.05, 0) is 13.3 Å². The molecule has 0 aliphatic heterocycles. The predicted octanol–water partition coefficient (Wildman–Crippen LogP) is 0.816. The molecule has 20 heavy (non-hydrogen) atoms. The summed E-state index contributed by atoms with van der Waals surface area (Å²) < 4.78 is 0. The highest BCUT2D eigenvalue weighted by Crippen LogP contribution is 2.23. The molecule has 1 aromatic rings. The molecule has 0 aliphatic carbocycles. The number of carboxylic acid groups (broad SMARTS) is 1. The molecule has 1 amide bonds. The zero-order chi connectivity index (χ0) is 15.4. The van der Waals surface area contributed by atoms with E-state index in [0.29, 0.717) is 12.8 Å². The van der Waals surface area contributed by atoms with Crippen LogP contribution in [0.25, 0.3) is 0 Å². The van der Waals surface area contributed by atoms with Crippen molar-refractivity contribution in [2.75, 3.05) is 7.05 Å². The maximum Gasteiger partial charge on any atom is 0.326 e. The Morgan fingerprint density at radius 2 is 2.15 bits per heavy atom. The van der Waals surface area contributed by atoms with E-state index in [1.807, 2.05) is 6.92 Å². The Hall–Kier alpha value is -2.45. The minimum absolute atomic E-state index is 0.261. The van der Waals surface area contributed by atoms with Crippen LogP contribution in [0.1, 0.15) is 36.5 Å². The highest BCUT2D eigenvalue weighted by Gasteiger charge is 2.33. The molecule has 0 radical (unpaired) electrons. The molecule has 1 aromatic heterocycles. The topological polar surface area (TPSA) is 129 Å². The van der Waals surface area contributed by atoms with Crippen molar-refractivity contribution >= 4 is 17.6 Å². The second-order valence-electron chi connectivity index (χ2n) is 4.34. The molecule has 9 heteroatoms. The molecule has 0 aliphatic rings. The van der Waals surface area contributed by atoms with E-state index < -0.39 is 22.8 Å². The summed E-state index contributed by atoms with van der Waals surface area (Å²) in [6.45, 7) is 3.15. The number of likely N-dealkylation sites (N-methyl/N-ethyl adjacent to an activating group) is 1. The van der Waals surface area contributed by atoms with E-state index in [4.69, 9.17) is 5.11 Å². The van der Waals surface area contributed by atoms with Crippen molar-refractivity contribution < 1.29 is 19.6 Å². The first-order valence-electron chi connectivity index (χ1n) is 6.02. The van der Waals surface area contributed by atoms with E-state index in [1.165, 1.54) is 14.0 Å². The van der Waals surface area contributed by atoms with Crippen molar-refractivity contribution in [3.63, 3.8) is 0 Å². The van der Waals surface area contributed by atoms with Crippen LogP contribution in [0.2, 0.25) is 0 Å². The third kappa shape index (κ3) is 2.92. The summed E-state index contributed by atoms with van der Waals surface area (Å²) in [5, 5.41) is 26.1. The van der Waals surface area contributed by atoms with Crippen LogP contribution >= 0.6 is 0 Å². The van der Waals surface area contributed by atoms with Gasteiger partial charge in [0, 0.05) is 7.05 Å². The maximum atomic E-state index is 12.1. The van der Waals surface area contributed by atoms with Crippen molar-refractivity contribution in [2.24, 2.45) is 0 Å². The standard InChI is InChI=1S/C11H16N4O5/c1-4-5-7-9(15(19)20)8(13-12-7)10(16)14(3)6(2)11(17)18/h6H,4-5H2,1-3H3,(H,12,13)(H,17,18). The van der Waals surface area contributed by atoms with Crippen molar-refractivity contribution in [1.29, 1.82) is 0 Å². The Morgan fingerprint density at radius 3 is 2.60 bits per heavy atom. The van der Waals surface area contributed by atoms with E-state index in [9.17, 15) is 19.7 Å². The highest BCUT2D eigenvalue weighted by atomic mass is 16.6. The number of H-pyrrole nitrogens is 1. The van der Waals surface area contributed by atoms with Crippen molar-refractivity contribution in [2.45, 2.75) is 32.7 Å². The number of aromatic amines is 1. The Kier molecular flexibility index (Phi) is 4.78. The van der Waals surface area contributed by atoms with Gasteiger partial charge in [0.25, 0.3) is 5.91 Å². The zero-order valence-electron chi connectivity index (χ0n) is 11.4. The Balaban J connectivity index is 3.16. The first kappa shape index (κ1) is 15.6. The summed E-state index contributed by atoms with van der Waals surface area (Å²) in [7, 11) is 1.26. The molecule has 110 valence electrons. The normalized spacial score (nSPS) is 11.9. The monoisotopic (exact) mass is 284 g/mol. The van der Waals surface area contributed by atoms with Gasteiger partial charge in [-0.2, -0.15) is 5.10 Å². The first-order chi connectivity index (χ1) is 9.31. The van der Waals surface area contributed by atoms with Gasteiger partial charge in [-0.25, -0.2) is 4.79 Å². The average Bonchev–Trinajstić information content (AvgIpc) is 2.80. The number of aromatic nitrogens is 2. The number of rotatable bonds is 6. The number of carbonyl (C=O) groups excluding carboxylic acids is 1. The highest BCUT2D eigenvalue weighted by molar-refractivity contribution is 5.98. The van der Waals surface area contributed by atoms with E-state index in [1.54, 1.807) is 0 Å². The minimum Gasteiger partial charge on any atom is -0.480 e. The molecule has 1 atom stereocenters. The maximum absolute atomic E-state index is 12.1. The number of nitrogens with one attached hydrogen (secondary N) is 1. The lowest BCUT2D eigenvalue weighted by Crippen LogP contribution is -2.40. The third-order valence-corrected chi connectivity index (χ3v) is 2.96. The summed E-state index contributed by atoms with van der Waals surface area (Å²) in [5.41, 5.74) is -0.493. The van der Waals surface area contributed by atoms with Crippen molar-refractivity contribution in [1.82, 2.24) is 15.1 Å². The molecular weight excluding hydrogens is 268 g/mol. The molecule has 9 nitrogen and oxygen atoms in total. The number of aliphatic carboxylic acids is 1. The lowest BCUT2D eigenvalue weighted by molar-refractivity contribution is -0.385. The molecule has 1 heterocycles. The number of carboxylic acids is 1. The van der Waals surface area contributed by atoms with Gasteiger partial charge in [0.15, 0.2) is 0 Å². The van der Waals surface area contributed by atoms with Crippen molar-refractivity contribution in [3.8, 4) is 0 Å². The van der Waals surface area contributed by atoms with Crippen LogP contribution < -0.4 is 0 Å². The molecule has 0 saturated heterocycles. The van der Waals surface area contributed by atoms with E-state index in [2.05, 4.69) is 10.2 Å². The summed E-state index contributed by atoms with van der Waals surface area (Å²) in [6.07, 6.45) is 1.03. The molecule has 2 N–H and O–H groups in total. The number of hydrogen-bond donors (Lipinski definition) is 2. The molecule has 0 bridgehead atoms. The van der Waals surface area contributed by atoms with Crippen LogP contribution in [0, 0.1) is 10.1 Å². The smallest absolute Gasteiger partial charge is 0.326 e. The largest absolute Gasteiger partial charge is 0.480 e. The number of amides is 1. The summed E-state index contributed by atoms with van der Waals surface area (Å²) in [4.78, 5) is 34.2. The summed E-state index contributed by atoms with van der Waals surface area (Å²) >= 11 is 0. The second-order valence-corrected chi connectivity index (χ2v) is 4.34. The molecule has 1 rings (SSSR count).